The van der Waals surface area contributed by atoms with Crippen molar-refractivity contribution in [3.05, 3.63) is 36.4 Å². The Labute approximate surface area is 139 Å². The summed E-state index contributed by atoms with van der Waals surface area (Å²) in [4.78, 5) is 19.0. The van der Waals surface area contributed by atoms with E-state index in [0.717, 1.165) is 22.3 Å². The lowest BCUT2D eigenvalue weighted by Gasteiger charge is -2.10. The Morgan fingerprint density at radius 2 is 2.00 bits per heavy atom. The number of fused-ring (bicyclic) bond motifs is 1. The fraction of sp³-hybridized carbons (Fsp3) is 0.222. The second-order valence-corrected chi connectivity index (χ2v) is 5.16. The third kappa shape index (κ3) is 3.17. The zero-order chi connectivity index (χ0) is 17.1. The summed E-state index contributed by atoms with van der Waals surface area (Å²) in [6.45, 7) is 3.70. The number of hydrogen-bond acceptors (Lipinski definition) is 5. The second-order valence-electron chi connectivity index (χ2n) is 5.16. The fourth-order valence-corrected chi connectivity index (χ4v) is 2.42. The number of aromatic amines is 1. The molecule has 2 aromatic carbocycles. The van der Waals surface area contributed by atoms with Crippen LogP contribution in [0.3, 0.4) is 0 Å². The van der Waals surface area contributed by atoms with E-state index in [1.54, 1.807) is 19.2 Å². The third-order valence-corrected chi connectivity index (χ3v) is 3.46. The Hall–Kier alpha value is -3.02. The van der Waals surface area contributed by atoms with Crippen molar-refractivity contribution in [2.75, 3.05) is 13.7 Å². The number of ether oxygens (including phenoxy) is 3. The number of esters is 1. The van der Waals surface area contributed by atoms with E-state index in [1.807, 2.05) is 31.2 Å². The molecule has 0 saturated carbocycles. The van der Waals surface area contributed by atoms with Crippen LogP contribution in [-0.4, -0.2) is 29.7 Å². The molecule has 6 heteroatoms. The van der Waals surface area contributed by atoms with Crippen LogP contribution < -0.4 is 14.2 Å². The predicted octanol–water partition coefficient (Wildman–Crippen LogP) is 3.56. The summed E-state index contributed by atoms with van der Waals surface area (Å²) < 4.78 is 16.0. The van der Waals surface area contributed by atoms with Crippen molar-refractivity contribution in [3.63, 3.8) is 0 Å². The molecule has 0 spiro atoms. The van der Waals surface area contributed by atoms with Gasteiger partial charge in [0.05, 0.1) is 24.8 Å². The molecule has 6 nitrogen and oxygen atoms in total. The highest BCUT2D eigenvalue weighted by atomic mass is 16.6. The smallest absolute Gasteiger partial charge is 0.308 e. The van der Waals surface area contributed by atoms with E-state index in [2.05, 4.69) is 9.97 Å². The molecule has 1 heterocycles. The molecule has 0 atom stereocenters. The first-order chi connectivity index (χ1) is 11.6. The molecule has 0 fully saturated rings. The molecule has 0 aliphatic rings. The summed E-state index contributed by atoms with van der Waals surface area (Å²) in [6.07, 6.45) is 0. The molecule has 3 rings (SSSR count). The maximum Gasteiger partial charge on any atom is 0.308 e. The lowest BCUT2D eigenvalue weighted by molar-refractivity contribution is -0.132. The number of nitrogens with zero attached hydrogens (tertiary/aromatic N) is 1. The van der Waals surface area contributed by atoms with Gasteiger partial charge in [0.15, 0.2) is 11.5 Å². The fourth-order valence-electron chi connectivity index (χ4n) is 2.42. The van der Waals surface area contributed by atoms with Crippen LogP contribution in [0.15, 0.2) is 36.4 Å². The van der Waals surface area contributed by atoms with E-state index in [0.29, 0.717) is 23.9 Å². The Morgan fingerprint density at radius 1 is 1.17 bits per heavy atom. The molecule has 0 aliphatic heterocycles. The zero-order valence-corrected chi connectivity index (χ0v) is 13.8. The SMILES string of the molecule is CCOc1cc(-c2nc3ccc(OC)cc3[nH]2)ccc1OC(C)=O. The number of aromatic nitrogens is 2. The number of benzene rings is 2. The van der Waals surface area contributed by atoms with Crippen LogP contribution in [0.5, 0.6) is 17.2 Å². The van der Waals surface area contributed by atoms with Gasteiger partial charge in [0, 0.05) is 18.6 Å². The summed E-state index contributed by atoms with van der Waals surface area (Å²) in [5, 5.41) is 0. The number of hydrogen-bond donors (Lipinski definition) is 1. The van der Waals surface area contributed by atoms with Crippen molar-refractivity contribution in [2.24, 2.45) is 0 Å². The third-order valence-electron chi connectivity index (χ3n) is 3.46. The van der Waals surface area contributed by atoms with Crippen molar-refractivity contribution in [1.82, 2.24) is 9.97 Å². The molecule has 3 aromatic rings. The first-order valence-electron chi connectivity index (χ1n) is 7.60. The highest BCUT2D eigenvalue weighted by Gasteiger charge is 2.12. The Balaban J connectivity index is 2.02. The molecule has 0 amide bonds. The van der Waals surface area contributed by atoms with E-state index in [1.165, 1.54) is 6.92 Å². The average Bonchev–Trinajstić information content (AvgIpc) is 2.99. The Morgan fingerprint density at radius 3 is 2.71 bits per heavy atom. The summed E-state index contributed by atoms with van der Waals surface area (Å²) in [5.41, 5.74) is 2.56. The normalized spacial score (nSPS) is 10.6. The first kappa shape index (κ1) is 15.9. The zero-order valence-electron chi connectivity index (χ0n) is 13.8. The standard InChI is InChI=1S/C18H18N2O4/c1-4-23-17-9-12(5-8-16(17)24-11(2)21)18-19-14-7-6-13(22-3)10-15(14)20-18/h5-10H,4H2,1-3H3,(H,19,20). The van der Waals surface area contributed by atoms with Crippen molar-refractivity contribution in [3.8, 4) is 28.6 Å². The lowest BCUT2D eigenvalue weighted by atomic mass is 10.2. The summed E-state index contributed by atoms with van der Waals surface area (Å²) in [5.74, 6) is 1.97. The first-order valence-corrected chi connectivity index (χ1v) is 7.60. The van der Waals surface area contributed by atoms with Gasteiger partial charge in [0.25, 0.3) is 0 Å². The maximum atomic E-state index is 11.2. The van der Waals surface area contributed by atoms with Crippen molar-refractivity contribution in [2.45, 2.75) is 13.8 Å². The number of nitrogens with one attached hydrogen (secondary N) is 1. The van der Waals surface area contributed by atoms with E-state index < -0.39 is 0 Å². The highest BCUT2D eigenvalue weighted by molar-refractivity contribution is 5.81. The quantitative estimate of drug-likeness (QED) is 0.573. The minimum atomic E-state index is -0.389. The number of carbonyl (C=O) groups is 1. The summed E-state index contributed by atoms with van der Waals surface area (Å²) in [7, 11) is 1.63. The molecule has 0 aliphatic carbocycles. The Bertz CT molecular complexity index is 886. The molecular formula is C18H18N2O4. The molecule has 124 valence electrons. The molecule has 0 radical (unpaired) electrons. The number of imidazole rings is 1. The van der Waals surface area contributed by atoms with Crippen LogP contribution in [0.2, 0.25) is 0 Å². The summed E-state index contributed by atoms with van der Waals surface area (Å²) >= 11 is 0. The number of methoxy groups -OCH3 is 1. The van der Waals surface area contributed by atoms with Crippen LogP contribution in [0.25, 0.3) is 22.4 Å². The van der Waals surface area contributed by atoms with E-state index >= 15 is 0 Å². The Kier molecular flexibility index (Phi) is 4.37. The van der Waals surface area contributed by atoms with Crippen molar-refractivity contribution < 1.29 is 19.0 Å². The maximum absolute atomic E-state index is 11.2. The van der Waals surface area contributed by atoms with Gasteiger partial charge in [-0.1, -0.05) is 0 Å². The minimum absolute atomic E-state index is 0.389. The van der Waals surface area contributed by atoms with Crippen LogP contribution in [0.4, 0.5) is 0 Å². The molecule has 1 N–H and O–H groups in total. The van der Waals surface area contributed by atoms with Crippen molar-refractivity contribution in [1.29, 1.82) is 0 Å². The van der Waals surface area contributed by atoms with Gasteiger partial charge < -0.3 is 19.2 Å². The van der Waals surface area contributed by atoms with Crippen molar-refractivity contribution >= 4 is 17.0 Å². The molecule has 0 unspecified atom stereocenters. The molecule has 1 aromatic heterocycles. The summed E-state index contributed by atoms with van der Waals surface area (Å²) in [6, 6.07) is 11.0. The van der Waals surface area contributed by atoms with Gasteiger partial charge in [0.1, 0.15) is 11.6 Å². The number of H-pyrrole nitrogens is 1. The van der Waals surface area contributed by atoms with Gasteiger partial charge >= 0.3 is 5.97 Å². The topological polar surface area (TPSA) is 73.4 Å². The van der Waals surface area contributed by atoms with Gasteiger partial charge in [-0.05, 0) is 37.3 Å². The van der Waals surface area contributed by atoms with E-state index in [4.69, 9.17) is 14.2 Å². The van der Waals surface area contributed by atoms with Crippen LogP contribution >= 0.6 is 0 Å². The second kappa shape index (κ2) is 6.62. The largest absolute Gasteiger partial charge is 0.497 e. The molecule has 0 bridgehead atoms. The monoisotopic (exact) mass is 326 g/mol. The number of carbonyl (C=O) groups excluding carboxylic acids is 1. The molecule has 0 saturated heterocycles. The van der Waals surface area contributed by atoms with Gasteiger partial charge in [-0.15, -0.1) is 0 Å². The van der Waals surface area contributed by atoms with Gasteiger partial charge in [-0.3, -0.25) is 4.79 Å². The van der Waals surface area contributed by atoms with E-state index in [9.17, 15) is 4.79 Å². The van der Waals surface area contributed by atoms with Crippen LogP contribution in [0.1, 0.15) is 13.8 Å². The lowest BCUT2D eigenvalue weighted by Crippen LogP contribution is -2.04. The van der Waals surface area contributed by atoms with E-state index in [-0.39, 0.29) is 5.97 Å². The molecular weight excluding hydrogens is 308 g/mol. The van der Waals surface area contributed by atoms with Crippen LogP contribution in [0, 0.1) is 0 Å². The van der Waals surface area contributed by atoms with Gasteiger partial charge in [-0.2, -0.15) is 0 Å². The average molecular weight is 326 g/mol. The minimum Gasteiger partial charge on any atom is -0.497 e. The number of rotatable bonds is 5. The van der Waals surface area contributed by atoms with Gasteiger partial charge in [0.2, 0.25) is 0 Å². The van der Waals surface area contributed by atoms with Crippen LogP contribution in [-0.2, 0) is 4.79 Å². The highest BCUT2D eigenvalue weighted by Crippen LogP contribution is 2.33. The van der Waals surface area contributed by atoms with Gasteiger partial charge in [-0.25, -0.2) is 4.98 Å². The predicted molar refractivity (Wildman–Crippen MR) is 90.6 cm³/mol. The molecule has 24 heavy (non-hydrogen) atoms.